The number of halogens is 9. The van der Waals surface area contributed by atoms with Crippen LogP contribution in [0.15, 0.2) is 42.7 Å². The van der Waals surface area contributed by atoms with Crippen LogP contribution < -0.4 is 4.57 Å². The van der Waals surface area contributed by atoms with Gasteiger partial charge in [-0.1, -0.05) is 18.2 Å². The van der Waals surface area contributed by atoms with Crippen LogP contribution in [0, 0.1) is 0 Å². The molecule has 0 radical (unpaired) electrons. The Balaban J connectivity index is 0.000000390. The topological polar surface area (TPSA) is 78.9 Å². The minimum Gasteiger partial charge on any atom is -0.741 e. The summed E-state index contributed by atoms with van der Waals surface area (Å²) >= 11 is 0. The van der Waals surface area contributed by atoms with E-state index in [-0.39, 0.29) is 5.52 Å². The summed E-state index contributed by atoms with van der Waals surface area (Å²) in [6, 6.07) is 8.76. The van der Waals surface area contributed by atoms with Crippen LogP contribution in [-0.4, -0.2) is 28.0 Å². The molecule has 0 aliphatic carbocycles. The van der Waals surface area contributed by atoms with Crippen molar-refractivity contribution in [3.8, 4) is 5.69 Å². The molecule has 1 aromatic carbocycles. The Kier molecular flexibility index (Phi) is 6.53. The van der Waals surface area contributed by atoms with E-state index in [2.05, 4.69) is 4.98 Å². The molecule has 0 spiro atoms. The average molecular weight is 495 g/mol. The van der Waals surface area contributed by atoms with E-state index in [0.717, 1.165) is 4.57 Å². The van der Waals surface area contributed by atoms with E-state index < -0.39 is 44.9 Å². The summed E-state index contributed by atoms with van der Waals surface area (Å²) in [6.45, 7) is 0. The monoisotopic (exact) mass is 495 g/mol. The second-order valence-corrected chi connectivity index (χ2v) is 7.42. The maximum atomic E-state index is 13.2. The van der Waals surface area contributed by atoms with Crippen LogP contribution in [0.25, 0.3) is 16.7 Å². The van der Waals surface area contributed by atoms with E-state index in [1.807, 2.05) is 0 Å². The predicted molar refractivity (Wildman–Crippen MR) is 88.0 cm³/mol. The molecule has 0 N–H and O–H groups in total. The summed E-state index contributed by atoms with van der Waals surface area (Å²) in [5.74, 6) is 0. The van der Waals surface area contributed by atoms with Crippen molar-refractivity contribution in [3.05, 3.63) is 54.1 Å². The normalized spacial score (nSPS) is 13.1. The number of rotatable bonds is 1. The second-order valence-electron chi connectivity index (χ2n) is 6.05. The number of pyridine rings is 1. The third-order valence-electron chi connectivity index (χ3n) is 3.75. The summed E-state index contributed by atoms with van der Waals surface area (Å²) in [4.78, 5) is 2.83. The van der Waals surface area contributed by atoms with Crippen LogP contribution >= 0.6 is 0 Å². The number of alkyl halides is 9. The maximum Gasteiger partial charge on any atom is 0.485 e. The second kappa shape index (κ2) is 8.23. The van der Waals surface area contributed by atoms with Crippen molar-refractivity contribution in [2.24, 2.45) is 7.05 Å². The molecular weight excluding hydrogens is 485 g/mol. The molecule has 2 aromatic heterocycles. The van der Waals surface area contributed by atoms with Gasteiger partial charge in [0.1, 0.15) is 11.4 Å². The number of imidazole rings is 1. The number of aryl methyl sites for hydroxylation is 1. The average Bonchev–Trinajstić information content (AvgIpc) is 2.96. The van der Waals surface area contributed by atoms with Gasteiger partial charge in [0.05, 0.1) is 7.05 Å². The Bertz CT molecular complexity index is 1220. The lowest BCUT2D eigenvalue weighted by atomic mass is 10.2. The van der Waals surface area contributed by atoms with Crippen molar-refractivity contribution in [1.29, 1.82) is 0 Å². The smallest absolute Gasteiger partial charge is 0.485 e. The number of fused-ring (bicyclic) bond motifs is 1. The molecular formula is C16H10F9N3O3S. The summed E-state index contributed by atoms with van der Waals surface area (Å²) in [5, 5.41) is 0. The molecule has 0 saturated heterocycles. The van der Waals surface area contributed by atoms with Crippen LogP contribution in [0.5, 0.6) is 0 Å². The molecule has 0 aliphatic heterocycles. The predicted octanol–water partition coefficient (Wildman–Crippen LogP) is 3.94. The maximum absolute atomic E-state index is 13.2. The molecule has 0 bridgehead atoms. The molecule has 0 unspecified atom stereocenters. The van der Waals surface area contributed by atoms with E-state index in [0.29, 0.717) is 11.8 Å². The van der Waals surface area contributed by atoms with Crippen LogP contribution in [0.2, 0.25) is 0 Å². The highest BCUT2D eigenvalue weighted by molar-refractivity contribution is 7.86. The first-order chi connectivity index (χ1) is 14.3. The van der Waals surface area contributed by atoms with Gasteiger partial charge in [-0.15, -0.1) is 0 Å². The van der Waals surface area contributed by atoms with Gasteiger partial charge in [0.2, 0.25) is 11.8 Å². The lowest BCUT2D eigenvalue weighted by Gasteiger charge is -2.10. The first-order valence-corrected chi connectivity index (χ1v) is 9.38. The highest BCUT2D eigenvalue weighted by Gasteiger charge is 2.43. The van der Waals surface area contributed by atoms with Gasteiger partial charge in [0.15, 0.2) is 21.3 Å². The van der Waals surface area contributed by atoms with Crippen molar-refractivity contribution in [3.63, 3.8) is 0 Å². The van der Waals surface area contributed by atoms with Crippen molar-refractivity contribution >= 4 is 21.2 Å². The zero-order chi connectivity index (χ0) is 24.7. The largest absolute Gasteiger partial charge is 0.741 e. The SMILES string of the molecule is C[n+]1cn(-c2ccccc2)c2cc(C(F)(F)F)nc(C(F)(F)F)c21.O=S(=O)([O-])C(F)(F)F. The number of nitrogens with zero attached hydrogens (tertiary/aromatic N) is 3. The third-order valence-corrected chi connectivity index (χ3v) is 4.32. The van der Waals surface area contributed by atoms with Gasteiger partial charge in [-0.2, -0.15) is 44.1 Å². The molecule has 6 nitrogen and oxygen atoms in total. The minimum atomic E-state index is -6.09. The summed E-state index contributed by atoms with van der Waals surface area (Å²) in [6.07, 6.45) is -8.71. The zero-order valence-electron chi connectivity index (χ0n) is 15.4. The molecule has 3 aromatic rings. The van der Waals surface area contributed by atoms with E-state index in [1.54, 1.807) is 30.3 Å². The Labute approximate surface area is 173 Å². The number of para-hydroxylation sites is 1. The van der Waals surface area contributed by atoms with Crippen LogP contribution in [0.1, 0.15) is 11.4 Å². The van der Waals surface area contributed by atoms with Crippen molar-refractivity contribution in [2.45, 2.75) is 17.9 Å². The lowest BCUT2D eigenvalue weighted by molar-refractivity contribution is -0.646. The number of benzene rings is 1. The molecule has 2 heterocycles. The van der Waals surface area contributed by atoms with E-state index >= 15 is 0 Å². The highest BCUT2D eigenvalue weighted by atomic mass is 32.2. The van der Waals surface area contributed by atoms with Crippen molar-refractivity contribution in [2.75, 3.05) is 0 Å². The van der Waals surface area contributed by atoms with Crippen molar-refractivity contribution in [1.82, 2.24) is 9.55 Å². The van der Waals surface area contributed by atoms with E-state index in [4.69, 9.17) is 13.0 Å². The molecule has 32 heavy (non-hydrogen) atoms. The fourth-order valence-corrected chi connectivity index (χ4v) is 2.49. The minimum absolute atomic E-state index is 0.224. The molecule has 16 heteroatoms. The highest BCUT2D eigenvalue weighted by Crippen LogP contribution is 2.37. The molecule has 0 atom stereocenters. The summed E-state index contributed by atoms with van der Waals surface area (Å²) in [7, 11) is -4.76. The Morgan fingerprint density at radius 3 is 1.84 bits per heavy atom. The molecule has 0 fully saturated rings. The van der Waals surface area contributed by atoms with Gasteiger partial charge in [-0.25, -0.2) is 18.0 Å². The molecule has 3 rings (SSSR count). The van der Waals surface area contributed by atoms with Gasteiger partial charge in [-0.05, 0) is 12.1 Å². The number of aromatic nitrogens is 3. The van der Waals surface area contributed by atoms with Crippen LogP contribution in [0.4, 0.5) is 39.5 Å². The van der Waals surface area contributed by atoms with Crippen LogP contribution in [0.3, 0.4) is 0 Å². The lowest BCUT2D eigenvalue weighted by Crippen LogP contribution is -2.29. The Hall–Kier alpha value is -2.88. The molecule has 0 aliphatic rings. The van der Waals surface area contributed by atoms with Crippen molar-refractivity contribution < 1.29 is 57.1 Å². The summed E-state index contributed by atoms with van der Waals surface area (Å²) < 4.78 is 140. The van der Waals surface area contributed by atoms with Gasteiger partial charge >= 0.3 is 17.9 Å². The molecule has 0 saturated carbocycles. The first kappa shape index (κ1) is 25.4. The molecule has 176 valence electrons. The van der Waals surface area contributed by atoms with Gasteiger partial charge < -0.3 is 4.55 Å². The standard InChI is InChI=1S/C15H10F6N3.CHF3O3S/c1-23-8-24(9-5-3-2-4-6-9)10-7-11(14(16,17)18)22-13(12(10)23)15(19,20)21;2-1(3,4)8(5,6)7/h2-8H,1H3;(H,5,6,7)/q+1;/p-1. The van der Waals surface area contributed by atoms with Gasteiger partial charge in [0.25, 0.3) is 0 Å². The Morgan fingerprint density at radius 2 is 1.44 bits per heavy atom. The van der Waals surface area contributed by atoms with Gasteiger partial charge in [0, 0.05) is 6.07 Å². The fraction of sp³-hybridized carbons (Fsp3) is 0.250. The van der Waals surface area contributed by atoms with Crippen LogP contribution in [-0.2, 0) is 29.5 Å². The van der Waals surface area contributed by atoms with E-state index in [1.165, 1.54) is 17.9 Å². The summed E-state index contributed by atoms with van der Waals surface area (Å²) in [5.41, 5.74) is -9.00. The van der Waals surface area contributed by atoms with Gasteiger partial charge in [-0.3, -0.25) is 0 Å². The molecule has 0 amide bonds. The number of hydrogen-bond acceptors (Lipinski definition) is 4. The van der Waals surface area contributed by atoms with E-state index in [9.17, 15) is 39.5 Å². The number of hydrogen-bond donors (Lipinski definition) is 0. The fourth-order valence-electron chi connectivity index (χ4n) is 2.49. The zero-order valence-corrected chi connectivity index (χ0v) is 16.2. The first-order valence-electron chi connectivity index (χ1n) is 7.97. The Morgan fingerprint density at radius 1 is 0.938 bits per heavy atom. The quantitative estimate of drug-likeness (QED) is 0.222. The third kappa shape index (κ3) is 5.48.